The van der Waals surface area contributed by atoms with Crippen LogP contribution in [0.5, 0.6) is 0 Å². The Morgan fingerprint density at radius 1 is 1.28 bits per heavy atom. The van der Waals surface area contributed by atoms with Gasteiger partial charge in [0.25, 0.3) is 0 Å². The van der Waals surface area contributed by atoms with Gasteiger partial charge in [-0.1, -0.05) is 28.9 Å². The van der Waals surface area contributed by atoms with Gasteiger partial charge in [0, 0.05) is 0 Å². The summed E-state index contributed by atoms with van der Waals surface area (Å²) in [7, 11) is 0. The second-order valence-electron chi connectivity index (χ2n) is 3.75. The lowest BCUT2D eigenvalue weighted by Gasteiger charge is -1.96. The molecule has 18 heavy (non-hydrogen) atoms. The average Bonchev–Trinajstić information content (AvgIpc) is 2.90. The largest absolute Gasteiger partial charge is 0.397 e. The second kappa shape index (κ2) is 5.46. The third-order valence-corrected chi connectivity index (χ3v) is 3.19. The summed E-state index contributed by atoms with van der Waals surface area (Å²) in [5.41, 5.74) is 7.70. The zero-order chi connectivity index (χ0) is 13.0. The van der Waals surface area contributed by atoms with Gasteiger partial charge in [-0.2, -0.15) is 0 Å². The topological polar surface area (TPSA) is 66.3 Å². The predicted molar refractivity (Wildman–Crippen MR) is 70.2 cm³/mol. The number of thiophene rings is 1. The molecule has 2 aromatic rings. The summed E-state index contributed by atoms with van der Waals surface area (Å²) in [4.78, 5) is 17.0. The predicted octanol–water partition coefficient (Wildman–Crippen LogP) is 0.614. The molecule has 0 atom stereocenters. The zero-order valence-electron chi connectivity index (χ0n) is 9.84. The minimum absolute atomic E-state index is 0.305. The molecule has 5 heteroatoms. The van der Waals surface area contributed by atoms with Crippen LogP contribution in [0.25, 0.3) is 0 Å². The minimum Gasteiger partial charge on any atom is -0.284 e. The van der Waals surface area contributed by atoms with E-state index in [-0.39, 0.29) is 0 Å². The maximum absolute atomic E-state index is 11.6. The summed E-state index contributed by atoms with van der Waals surface area (Å²) in [5, 5.41) is 4.27. The molecule has 4 nitrogen and oxygen atoms in total. The minimum atomic E-state index is -0.444. The highest BCUT2D eigenvalue weighted by atomic mass is 32.1. The third kappa shape index (κ3) is 2.95. The van der Waals surface area contributed by atoms with Crippen LogP contribution in [0.15, 0.2) is 41.8 Å². The summed E-state index contributed by atoms with van der Waals surface area (Å²) in [5.74, 6) is -0.139. The Morgan fingerprint density at radius 3 is 2.61 bits per heavy atom. The summed E-state index contributed by atoms with van der Waals surface area (Å²) in [6.45, 7) is 1.99. The van der Waals surface area contributed by atoms with Gasteiger partial charge in [-0.05, 0) is 30.5 Å². The highest BCUT2D eigenvalue weighted by Gasteiger charge is 2.11. The highest BCUT2D eigenvalue weighted by molar-refractivity contribution is 7.11. The lowest BCUT2D eigenvalue weighted by atomic mass is 10.1. The summed E-state index contributed by atoms with van der Waals surface area (Å²) < 4.78 is 0. The molecule has 2 rings (SSSR count). The number of rotatable bonds is 3. The number of nitrogen functional groups attached to an aromatic ring is 1. The maximum atomic E-state index is 11.6. The molecule has 0 radical (unpaired) electrons. The van der Waals surface area contributed by atoms with Gasteiger partial charge in [-0.15, -0.1) is 11.3 Å². The van der Waals surface area contributed by atoms with Gasteiger partial charge in [0.05, 0.1) is 5.56 Å². The number of carbonyl (C=O) groups excluding carboxylic acids is 1. The molecule has 1 heterocycles. The van der Waals surface area contributed by atoms with E-state index < -0.39 is 5.97 Å². The van der Waals surface area contributed by atoms with Crippen LogP contribution < -0.4 is 10.9 Å². The first-order chi connectivity index (χ1) is 8.66. The van der Waals surface area contributed by atoms with E-state index in [1.54, 1.807) is 12.1 Å². The number of carbonyl (C=O) groups is 1. The molecule has 0 fully saturated rings. The molecule has 0 aliphatic rings. The average molecular weight is 261 g/mol. The maximum Gasteiger partial charge on any atom is 0.397 e. The SMILES string of the molecule is Cc1ccc(C(N)=[NH+]OC(=O)c2cccs2)cc1. The van der Waals surface area contributed by atoms with Crippen molar-refractivity contribution < 1.29 is 14.8 Å². The van der Waals surface area contributed by atoms with Crippen molar-refractivity contribution >= 4 is 23.1 Å². The van der Waals surface area contributed by atoms with Crippen molar-refractivity contribution in [1.82, 2.24) is 0 Å². The fraction of sp³-hybridized carbons (Fsp3) is 0.0769. The van der Waals surface area contributed by atoms with Crippen molar-refractivity contribution in [2.75, 3.05) is 0 Å². The smallest absolute Gasteiger partial charge is 0.284 e. The Labute approximate surface area is 109 Å². The van der Waals surface area contributed by atoms with E-state index in [4.69, 9.17) is 10.6 Å². The van der Waals surface area contributed by atoms with Crippen molar-refractivity contribution in [1.29, 1.82) is 0 Å². The normalized spacial score (nSPS) is 11.3. The number of nitrogens with two attached hydrogens (primary N) is 1. The molecule has 1 aromatic heterocycles. The van der Waals surface area contributed by atoms with Crippen LogP contribution in [0.2, 0.25) is 0 Å². The molecule has 1 aromatic carbocycles. The van der Waals surface area contributed by atoms with Crippen molar-refractivity contribution in [2.24, 2.45) is 5.73 Å². The number of aryl methyl sites for hydroxylation is 1. The lowest BCUT2D eigenvalue weighted by molar-refractivity contribution is -0.721. The quantitative estimate of drug-likeness (QED) is 0.368. The number of benzene rings is 1. The van der Waals surface area contributed by atoms with Gasteiger partial charge in [-0.3, -0.25) is 10.6 Å². The van der Waals surface area contributed by atoms with Crippen LogP contribution in [0.1, 0.15) is 20.8 Å². The first-order valence-electron chi connectivity index (χ1n) is 5.37. The highest BCUT2D eigenvalue weighted by Crippen LogP contribution is 2.08. The Hall–Kier alpha value is -2.14. The fourth-order valence-electron chi connectivity index (χ4n) is 1.34. The number of hydrogen-bond donors (Lipinski definition) is 2. The monoisotopic (exact) mass is 261 g/mol. The molecular weight excluding hydrogens is 248 g/mol. The van der Waals surface area contributed by atoms with Crippen LogP contribution in [0.3, 0.4) is 0 Å². The Balaban J connectivity index is 2.05. The summed E-state index contributed by atoms with van der Waals surface area (Å²) in [6, 6.07) is 11.1. The zero-order valence-corrected chi connectivity index (χ0v) is 10.7. The molecule has 0 amide bonds. The molecule has 0 saturated carbocycles. The van der Waals surface area contributed by atoms with Gasteiger partial charge in [0.15, 0.2) is 0 Å². The Kier molecular flexibility index (Phi) is 3.74. The van der Waals surface area contributed by atoms with Gasteiger partial charge < -0.3 is 0 Å². The molecule has 0 aliphatic heterocycles. The molecule has 0 saturated heterocycles. The van der Waals surface area contributed by atoms with Crippen LogP contribution in [0.4, 0.5) is 0 Å². The second-order valence-corrected chi connectivity index (χ2v) is 4.70. The molecular formula is C13H13N2O2S+. The molecule has 0 bridgehead atoms. The van der Waals surface area contributed by atoms with Crippen molar-refractivity contribution in [3.8, 4) is 0 Å². The van der Waals surface area contributed by atoms with Crippen LogP contribution in [-0.2, 0) is 4.84 Å². The van der Waals surface area contributed by atoms with E-state index in [9.17, 15) is 4.79 Å². The van der Waals surface area contributed by atoms with E-state index in [0.29, 0.717) is 10.7 Å². The van der Waals surface area contributed by atoms with E-state index in [0.717, 1.165) is 11.1 Å². The van der Waals surface area contributed by atoms with Gasteiger partial charge in [0.1, 0.15) is 4.88 Å². The van der Waals surface area contributed by atoms with Crippen LogP contribution in [-0.4, -0.2) is 11.8 Å². The van der Waals surface area contributed by atoms with Gasteiger partial charge in [0.2, 0.25) is 0 Å². The third-order valence-electron chi connectivity index (χ3n) is 2.34. The van der Waals surface area contributed by atoms with Crippen LogP contribution in [0, 0.1) is 6.92 Å². The van der Waals surface area contributed by atoms with Gasteiger partial charge >= 0.3 is 11.8 Å². The first kappa shape index (κ1) is 12.3. The molecule has 0 spiro atoms. The van der Waals surface area contributed by atoms with E-state index in [1.165, 1.54) is 11.3 Å². The summed E-state index contributed by atoms with van der Waals surface area (Å²) in [6.07, 6.45) is 0. The first-order valence-corrected chi connectivity index (χ1v) is 6.25. The Bertz CT molecular complexity index is 559. The molecule has 0 aliphatic carbocycles. The number of amidine groups is 1. The fourth-order valence-corrected chi connectivity index (χ4v) is 1.94. The Morgan fingerprint density at radius 2 is 2.00 bits per heavy atom. The lowest BCUT2D eigenvalue weighted by Crippen LogP contribution is -2.75. The molecule has 3 N–H and O–H groups in total. The molecule has 92 valence electrons. The van der Waals surface area contributed by atoms with E-state index >= 15 is 0 Å². The molecule has 0 unspecified atom stereocenters. The van der Waals surface area contributed by atoms with Crippen molar-refractivity contribution in [3.63, 3.8) is 0 Å². The van der Waals surface area contributed by atoms with Crippen molar-refractivity contribution in [2.45, 2.75) is 6.92 Å². The number of nitrogens with one attached hydrogen (secondary N) is 1. The standard InChI is InChI=1S/C13H12N2O2S/c1-9-4-6-10(7-5-9)12(14)15-17-13(16)11-3-2-8-18-11/h2-8H,1H3,(H2,14,15)/p+1. The van der Waals surface area contributed by atoms with E-state index in [2.05, 4.69) is 5.16 Å². The van der Waals surface area contributed by atoms with Gasteiger partial charge in [-0.25, -0.2) is 4.79 Å². The van der Waals surface area contributed by atoms with Crippen LogP contribution >= 0.6 is 11.3 Å². The number of hydrogen-bond acceptors (Lipinski definition) is 3. The van der Waals surface area contributed by atoms with Crippen molar-refractivity contribution in [3.05, 3.63) is 57.8 Å². The summed E-state index contributed by atoms with van der Waals surface area (Å²) >= 11 is 1.32. The van der Waals surface area contributed by atoms with E-state index in [1.807, 2.05) is 36.6 Å².